The van der Waals surface area contributed by atoms with Gasteiger partial charge in [0.05, 0.1) is 23.8 Å². The lowest BCUT2D eigenvalue weighted by Crippen LogP contribution is -2.20. The number of nitrogens with zero attached hydrogens (tertiary/aromatic N) is 4. The van der Waals surface area contributed by atoms with Crippen LogP contribution in [0.3, 0.4) is 0 Å². The number of carbonyl (C=O) groups excluding carboxylic acids is 1. The van der Waals surface area contributed by atoms with Crippen LogP contribution in [0.5, 0.6) is 0 Å². The molecule has 0 aliphatic rings. The summed E-state index contributed by atoms with van der Waals surface area (Å²) in [5.41, 5.74) is 0.586. The third kappa shape index (κ3) is 2.17. The number of carbonyl (C=O) groups is 1. The first-order valence-electron chi connectivity index (χ1n) is 6.16. The number of thioether (sulfide) groups is 1. The first-order chi connectivity index (χ1) is 10.1. The van der Waals surface area contributed by atoms with Gasteiger partial charge in [-0.15, -0.1) is 10.2 Å². The molecule has 0 bridgehead atoms. The van der Waals surface area contributed by atoms with Crippen LogP contribution in [0.1, 0.15) is 0 Å². The Bertz CT molecular complexity index is 899. The van der Waals surface area contributed by atoms with E-state index in [4.69, 9.17) is 0 Å². The number of ether oxygens (including phenoxy) is 1. The van der Waals surface area contributed by atoms with Crippen LogP contribution in [-0.4, -0.2) is 38.0 Å². The number of esters is 1. The Kier molecular flexibility index (Phi) is 3.38. The summed E-state index contributed by atoms with van der Waals surface area (Å²) in [6, 6.07) is 7.23. The third-order valence-corrected chi connectivity index (χ3v) is 4.05. The molecular formula is C13H12N4O3S. The highest BCUT2D eigenvalue weighted by atomic mass is 32.2. The Balaban J connectivity index is 2.24. The van der Waals surface area contributed by atoms with Gasteiger partial charge in [-0.2, -0.15) is 0 Å². The summed E-state index contributed by atoms with van der Waals surface area (Å²) < 4.78 is 7.83. The molecule has 0 radical (unpaired) electrons. The minimum Gasteiger partial charge on any atom is -0.468 e. The molecule has 1 aromatic carbocycles. The molecule has 3 rings (SSSR count). The van der Waals surface area contributed by atoms with Gasteiger partial charge < -0.3 is 4.74 Å². The van der Waals surface area contributed by atoms with E-state index in [0.29, 0.717) is 21.8 Å². The van der Waals surface area contributed by atoms with E-state index < -0.39 is 0 Å². The van der Waals surface area contributed by atoms with Gasteiger partial charge in [-0.25, -0.2) is 0 Å². The molecule has 0 amide bonds. The number of hydrogen-bond acceptors (Lipinski definition) is 6. The molecule has 0 fully saturated rings. The molecule has 2 aromatic heterocycles. The average Bonchev–Trinajstić information content (AvgIpc) is 2.94. The summed E-state index contributed by atoms with van der Waals surface area (Å²) in [4.78, 5) is 23.5. The lowest BCUT2D eigenvalue weighted by Gasteiger charge is -2.07. The molecule has 0 saturated carbocycles. The number of para-hydroxylation sites is 1. The summed E-state index contributed by atoms with van der Waals surface area (Å²) >= 11 is 1.22. The predicted octanol–water partition coefficient (Wildman–Crippen LogP) is 0.846. The van der Waals surface area contributed by atoms with Crippen molar-refractivity contribution < 1.29 is 9.53 Å². The Morgan fingerprint density at radius 1 is 1.33 bits per heavy atom. The number of aromatic nitrogens is 4. The van der Waals surface area contributed by atoms with Crippen molar-refractivity contribution in [3.63, 3.8) is 0 Å². The van der Waals surface area contributed by atoms with E-state index in [0.717, 1.165) is 0 Å². The molecule has 0 N–H and O–H groups in total. The largest absolute Gasteiger partial charge is 0.468 e. The zero-order chi connectivity index (χ0) is 15.0. The lowest BCUT2D eigenvalue weighted by atomic mass is 10.2. The summed E-state index contributed by atoms with van der Waals surface area (Å²) in [6.45, 7) is 0. The molecule has 3 aromatic rings. The quantitative estimate of drug-likeness (QED) is 0.527. The van der Waals surface area contributed by atoms with E-state index in [9.17, 15) is 9.59 Å². The van der Waals surface area contributed by atoms with Crippen molar-refractivity contribution in [3.8, 4) is 0 Å². The van der Waals surface area contributed by atoms with Crippen LogP contribution in [0, 0.1) is 0 Å². The molecule has 7 nitrogen and oxygen atoms in total. The van der Waals surface area contributed by atoms with Crippen LogP contribution >= 0.6 is 11.8 Å². The zero-order valence-electron chi connectivity index (χ0n) is 11.4. The molecule has 2 heterocycles. The molecule has 0 aliphatic carbocycles. The van der Waals surface area contributed by atoms with Gasteiger partial charge in [0.15, 0.2) is 5.16 Å². The highest BCUT2D eigenvalue weighted by Gasteiger charge is 2.15. The van der Waals surface area contributed by atoms with Crippen LogP contribution in [0.2, 0.25) is 0 Å². The molecule has 0 atom stereocenters. The van der Waals surface area contributed by atoms with Crippen molar-refractivity contribution in [2.24, 2.45) is 7.05 Å². The Morgan fingerprint density at radius 2 is 2.10 bits per heavy atom. The first kappa shape index (κ1) is 13.6. The van der Waals surface area contributed by atoms with E-state index in [2.05, 4.69) is 14.9 Å². The first-order valence-corrected chi connectivity index (χ1v) is 7.14. The zero-order valence-corrected chi connectivity index (χ0v) is 12.3. The van der Waals surface area contributed by atoms with Crippen molar-refractivity contribution >= 4 is 34.4 Å². The highest BCUT2D eigenvalue weighted by molar-refractivity contribution is 7.99. The summed E-state index contributed by atoms with van der Waals surface area (Å²) in [7, 11) is 2.98. The van der Waals surface area contributed by atoms with Gasteiger partial charge in [0.25, 0.3) is 5.56 Å². The number of fused-ring (bicyclic) bond motifs is 3. The number of hydrogen-bond donors (Lipinski definition) is 0. The molecule has 0 aliphatic heterocycles. The SMILES string of the molecule is COC(=O)CSc1nnc2n(C)c(=O)c3ccccc3n12. The molecule has 0 spiro atoms. The molecule has 0 saturated heterocycles. The van der Waals surface area contributed by atoms with E-state index in [1.807, 2.05) is 12.1 Å². The lowest BCUT2D eigenvalue weighted by molar-refractivity contribution is -0.137. The maximum Gasteiger partial charge on any atom is 0.316 e. The van der Waals surface area contributed by atoms with Crippen molar-refractivity contribution in [1.29, 1.82) is 0 Å². The molecule has 8 heteroatoms. The van der Waals surface area contributed by atoms with E-state index in [-0.39, 0.29) is 17.3 Å². The smallest absolute Gasteiger partial charge is 0.316 e. The molecule has 0 unspecified atom stereocenters. The van der Waals surface area contributed by atoms with Crippen molar-refractivity contribution in [2.45, 2.75) is 5.16 Å². The van der Waals surface area contributed by atoms with E-state index in [1.165, 1.54) is 23.4 Å². The van der Waals surface area contributed by atoms with Crippen LogP contribution in [0.4, 0.5) is 0 Å². The minimum atomic E-state index is -0.342. The average molecular weight is 304 g/mol. The second-order valence-corrected chi connectivity index (χ2v) is 5.31. The Labute approximate surface area is 123 Å². The van der Waals surface area contributed by atoms with Crippen LogP contribution in [0.15, 0.2) is 34.2 Å². The summed E-state index contributed by atoms with van der Waals surface area (Å²) in [5.74, 6) is 0.228. The molecular weight excluding hydrogens is 292 g/mol. The Morgan fingerprint density at radius 3 is 2.86 bits per heavy atom. The van der Waals surface area contributed by atoms with E-state index >= 15 is 0 Å². The fourth-order valence-corrected chi connectivity index (χ4v) is 2.86. The molecule has 21 heavy (non-hydrogen) atoms. The van der Waals surface area contributed by atoms with Gasteiger partial charge in [0.2, 0.25) is 5.78 Å². The summed E-state index contributed by atoms with van der Waals surface area (Å²) in [5, 5.41) is 9.22. The molecule has 108 valence electrons. The van der Waals surface area contributed by atoms with Crippen LogP contribution in [0.25, 0.3) is 16.7 Å². The van der Waals surface area contributed by atoms with Gasteiger partial charge >= 0.3 is 5.97 Å². The van der Waals surface area contributed by atoms with Crippen LogP contribution in [-0.2, 0) is 16.6 Å². The number of methoxy groups -OCH3 is 1. The monoisotopic (exact) mass is 304 g/mol. The minimum absolute atomic E-state index is 0.130. The maximum absolute atomic E-state index is 12.3. The van der Waals surface area contributed by atoms with E-state index in [1.54, 1.807) is 23.6 Å². The van der Waals surface area contributed by atoms with Gasteiger partial charge in [0, 0.05) is 7.05 Å². The van der Waals surface area contributed by atoms with Crippen molar-refractivity contribution in [2.75, 3.05) is 12.9 Å². The third-order valence-electron chi connectivity index (χ3n) is 3.14. The van der Waals surface area contributed by atoms with Crippen molar-refractivity contribution in [1.82, 2.24) is 19.2 Å². The number of benzene rings is 1. The predicted molar refractivity (Wildman–Crippen MR) is 78.5 cm³/mol. The fourth-order valence-electron chi connectivity index (χ4n) is 2.09. The van der Waals surface area contributed by atoms with Gasteiger partial charge in [-0.3, -0.25) is 18.6 Å². The van der Waals surface area contributed by atoms with Crippen LogP contribution < -0.4 is 5.56 Å². The normalized spacial score (nSPS) is 11.1. The number of aryl methyl sites for hydroxylation is 1. The highest BCUT2D eigenvalue weighted by Crippen LogP contribution is 2.21. The van der Waals surface area contributed by atoms with Gasteiger partial charge in [-0.05, 0) is 12.1 Å². The fraction of sp³-hybridized carbons (Fsp3) is 0.231. The Hall–Kier alpha value is -2.35. The topological polar surface area (TPSA) is 78.5 Å². The standard InChI is InChI=1S/C13H12N4O3S/c1-16-11(19)8-5-3-4-6-9(8)17-12(16)14-15-13(17)21-7-10(18)20-2/h3-6H,7H2,1-2H3. The summed E-state index contributed by atoms with van der Waals surface area (Å²) in [6.07, 6.45) is 0. The second kappa shape index (κ2) is 5.21. The second-order valence-electron chi connectivity index (χ2n) is 4.36. The van der Waals surface area contributed by atoms with Gasteiger partial charge in [0.1, 0.15) is 0 Å². The van der Waals surface area contributed by atoms with Gasteiger partial charge in [-0.1, -0.05) is 23.9 Å². The maximum atomic E-state index is 12.3. The number of rotatable bonds is 3. The van der Waals surface area contributed by atoms with Crippen molar-refractivity contribution in [3.05, 3.63) is 34.6 Å².